The zero-order valence-corrected chi connectivity index (χ0v) is 27.2. The third-order valence-corrected chi connectivity index (χ3v) is 8.27. The zero-order valence-electron chi connectivity index (χ0n) is 25.7. The molecule has 0 spiro atoms. The molecule has 0 bridgehead atoms. The van der Waals surface area contributed by atoms with Crippen molar-refractivity contribution in [3.63, 3.8) is 0 Å². The maximum Gasteiger partial charge on any atom is 0.319 e. The lowest BCUT2D eigenvalue weighted by molar-refractivity contribution is -0.117. The number of para-hydroxylation sites is 1. The van der Waals surface area contributed by atoms with E-state index in [1.165, 1.54) is 22.9 Å². The van der Waals surface area contributed by atoms with Gasteiger partial charge in [-0.3, -0.25) is 19.4 Å². The van der Waals surface area contributed by atoms with Crippen LogP contribution in [0.5, 0.6) is 5.75 Å². The van der Waals surface area contributed by atoms with Crippen molar-refractivity contribution in [3.8, 4) is 5.75 Å². The number of pyridine rings is 1. The number of rotatable bonds is 9. The van der Waals surface area contributed by atoms with Crippen LogP contribution >= 0.6 is 23.2 Å². The van der Waals surface area contributed by atoms with Gasteiger partial charge in [0, 0.05) is 48.5 Å². The van der Waals surface area contributed by atoms with Gasteiger partial charge < -0.3 is 25.2 Å². The van der Waals surface area contributed by atoms with Crippen molar-refractivity contribution in [2.45, 2.75) is 20.0 Å². The van der Waals surface area contributed by atoms with Gasteiger partial charge in [-0.1, -0.05) is 41.4 Å². The Labute approximate surface area is 281 Å². The molecule has 2 heterocycles. The second-order valence-corrected chi connectivity index (χ2v) is 11.4. The van der Waals surface area contributed by atoms with Crippen LogP contribution in [0.1, 0.15) is 28.4 Å². The molecule has 3 aromatic carbocycles. The number of urea groups is 1. The van der Waals surface area contributed by atoms with Crippen molar-refractivity contribution in [1.29, 1.82) is 0 Å². The van der Waals surface area contributed by atoms with E-state index < -0.39 is 11.9 Å². The molecule has 0 aliphatic carbocycles. The Morgan fingerprint density at radius 1 is 0.979 bits per heavy atom. The maximum absolute atomic E-state index is 13.1. The molecule has 240 valence electrons. The summed E-state index contributed by atoms with van der Waals surface area (Å²) in [7, 11) is 3.16. The highest BCUT2D eigenvalue weighted by Crippen LogP contribution is 2.38. The molecule has 0 saturated carbocycles. The number of nitrogens with one attached hydrogen (secondary N) is 2. The Balaban J connectivity index is 1.20. The van der Waals surface area contributed by atoms with Crippen LogP contribution < -0.4 is 25.2 Å². The topological polar surface area (TPSA) is 133 Å². The number of Topliss-reactive ketones (excluding diaryl/α,β-unsaturated/α-hetero) is 1. The van der Waals surface area contributed by atoms with Crippen LogP contribution in [0.2, 0.25) is 10.0 Å². The standard InChI is InChI=1S/C34H30Cl2N6O5/c1-20-28(43)16-21-7-5-11-29(32(21)39-20)47-19-25-26(35)12-13-27(31(25)36)42(3)30(44)18-38-34(46)40-23-9-4-8-22(15-23)33(45)41(2)24-10-6-14-37-17-24/h4-15,17H,16,18-19H2,1-3H3,(H2,38,40,46). The number of ether oxygens (including phenoxy) is 1. The zero-order chi connectivity index (χ0) is 33.7. The summed E-state index contributed by atoms with van der Waals surface area (Å²) in [5, 5.41) is 5.72. The second-order valence-electron chi connectivity index (χ2n) is 10.6. The van der Waals surface area contributed by atoms with E-state index in [9.17, 15) is 19.2 Å². The minimum Gasteiger partial charge on any atom is -0.487 e. The van der Waals surface area contributed by atoms with Gasteiger partial charge in [-0.25, -0.2) is 9.79 Å². The molecular weight excluding hydrogens is 643 g/mol. The average molecular weight is 674 g/mol. The molecule has 0 radical (unpaired) electrons. The van der Waals surface area contributed by atoms with E-state index in [1.54, 1.807) is 81.0 Å². The van der Waals surface area contributed by atoms with Crippen molar-refractivity contribution >= 4 is 75.3 Å². The molecule has 1 aromatic heterocycles. The lowest BCUT2D eigenvalue weighted by Gasteiger charge is -2.22. The van der Waals surface area contributed by atoms with E-state index in [0.717, 1.165) is 5.56 Å². The Kier molecular flexibility index (Phi) is 10.2. The summed E-state index contributed by atoms with van der Waals surface area (Å²) in [6, 6.07) is 17.9. The maximum atomic E-state index is 13.1. The van der Waals surface area contributed by atoms with Crippen LogP contribution in [0.25, 0.3) is 0 Å². The van der Waals surface area contributed by atoms with Gasteiger partial charge in [-0.2, -0.15) is 0 Å². The Bertz CT molecular complexity index is 1900. The number of halogens is 2. The lowest BCUT2D eigenvalue weighted by Crippen LogP contribution is -2.40. The minimum atomic E-state index is -0.640. The smallest absolute Gasteiger partial charge is 0.319 e. The van der Waals surface area contributed by atoms with Crippen molar-refractivity contribution < 1.29 is 23.9 Å². The predicted molar refractivity (Wildman–Crippen MR) is 183 cm³/mol. The van der Waals surface area contributed by atoms with E-state index >= 15 is 0 Å². The summed E-state index contributed by atoms with van der Waals surface area (Å²) in [5.74, 6) is -0.307. The van der Waals surface area contributed by atoms with Crippen molar-refractivity contribution in [3.05, 3.63) is 106 Å². The van der Waals surface area contributed by atoms with Crippen molar-refractivity contribution in [1.82, 2.24) is 10.3 Å². The summed E-state index contributed by atoms with van der Waals surface area (Å²) < 4.78 is 6.04. The third-order valence-electron chi connectivity index (χ3n) is 7.50. The molecule has 11 nitrogen and oxygen atoms in total. The van der Waals surface area contributed by atoms with Crippen LogP contribution in [-0.4, -0.2) is 55.0 Å². The molecule has 2 N–H and O–H groups in total. The van der Waals surface area contributed by atoms with Gasteiger partial charge in [-0.05, 0) is 61.0 Å². The van der Waals surface area contributed by atoms with Gasteiger partial charge in [-0.15, -0.1) is 0 Å². The summed E-state index contributed by atoms with van der Waals surface area (Å²) >= 11 is 13.2. The van der Waals surface area contributed by atoms with Crippen LogP contribution in [-0.2, 0) is 22.6 Å². The number of nitrogens with zero attached hydrogens (tertiary/aromatic N) is 4. The van der Waals surface area contributed by atoms with Crippen molar-refractivity contribution in [2.24, 2.45) is 4.99 Å². The molecule has 13 heteroatoms. The van der Waals surface area contributed by atoms with E-state index in [4.69, 9.17) is 27.9 Å². The van der Waals surface area contributed by atoms with Crippen LogP contribution in [0, 0.1) is 0 Å². The summed E-state index contributed by atoms with van der Waals surface area (Å²) in [5.41, 5.74) is 3.90. The Hall–Kier alpha value is -5.26. The number of amides is 4. The van der Waals surface area contributed by atoms with Crippen LogP contribution in [0.15, 0.2) is 84.1 Å². The van der Waals surface area contributed by atoms with E-state index in [-0.39, 0.29) is 36.3 Å². The Morgan fingerprint density at radius 2 is 1.77 bits per heavy atom. The van der Waals surface area contributed by atoms with Gasteiger partial charge in [0.1, 0.15) is 18.0 Å². The average Bonchev–Trinajstić information content (AvgIpc) is 3.07. The van der Waals surface area contributed by atoms with Gasteiger partial charge in [0.2, 0.25) is 5.91 Å². The summed E-state index contributed by atoms with van der Waals surface area (Å²) in [6.07, 6.45) is 3.43. The van der Waals surface area contributed by atoms with E-state index in [1.807, 2.05) is 6.07 Å². The second kappa shape index (κ2) is 14.4. The molecule has 4 amide bonds. The number of carbonyl (C=O) groups is 4. The fourth-order valence-corrected chi connectivity index (χ4v) is 5.39. The highest BCUT2D eigenvalue weighted by Gasteiger charge is 2.22. The lowest BCUT2D eigenvalue weighted by atomic mass is 10.0. The molecular formula is C34H30Cl2N6O5. The largest absolute Gasteiger partial charge is 0.487 e. The molecule has 1 aliphatic heterocycles. The molecule has 4 aromatic rings. The number of anilines is 3. The van der Waals surface area contributed by atoms with Crippen LogP contribution in [0.4, 0.5) is 27.5 Å². The highest BCUT2D eigenvalue weighted by molar-refractivity contribution is 6.41. The van der Waals surface area contributed by atoms with Crippen molar-refractivity contribution in [2.75, 3.05) is 35.8 Å². The highest BCUT2D eigenvalue weighted by atomic mass is 35.5. The van der Waals surface area contributed by atoms with E-state index in [2.05, 4.69) is 20.6 Å². The number of benzene rings is 3. The molecule has 0 fully saturated rings. The fraction of sp³-hybridized carbons (Fsp3) is 0.176. The van der Waals surface area contributed by atoms with Gasteiger partial charge >= 0.3 is 6.03 Å². The molecule has 1 aliphatic rings. The summed E-state index contributed by atoms with van der Waals surface area (Å²) in [6.45, 7) is 1.30. The first kappa shape index (κ1) is 33.1. The summed E-state index contributed by atoms with van der Waals surface area (Å²) in [4.78, 5) is 61.9. The number of hydrogen-bond donors (Lipinski definition) is 2. The number of ketones is 1. The monoisotopic (exact) mass is 672 g/mol. The van der Waals surface area contributed by atoms with Gasteiger partial charge in [0.05, 0.1) is 34.9 Å². The quantitative estimate of drug-likeness (QED) is 0.216. The molecule has 47 heavy (non-hydrogen) atoms. The van der Waals surface area contributed by atoms with E-state index in [0.29, 0.717) is 50.4 Å². The first-order chi connectivity index (χ1) is 22.5. The molecule has 0 atom stereocenters. The normalized spacial score (nSPS) is 12.0. The predicted octanol–water partition coefficient (Wildman–Crippen LogP) is 6.25. The number of carbonyl (C=O) groups excluding carboxylic acids is 4. The van der Waals surface area contributed by atoms with Crippen LogP contribution in [0.3, 0.4) is 0 Å². The minimum absolute atomic E-state index is 0.0211. The Morgan fingerprint density at radius 3 is 2.53 bits per heavy atom. The number of likely N-dealkylation sites (N-methyl/N-ethyl adjacent to an activating group) is 1. The molecule has 0 saturated heterocycles. The fourth-order valence-electron chi connectivity index (χ4n) is 4.79. The van der Waals surface area contributed by atoms with Gasteiger partial charge in [0.15, 0.2) is 5.78 Å². The number of aliphatic imine (C=N–C) groups is 1. The first-order valence-electron chi connectivity index (χ1n) is 14.4. The number of aromatic nitrogens is 1. The number of fused-ring (bicyclic) bond motifs is 1. The first-order valence-corrected chi connectivity index (χ1v) is 15.2. The van der Waals surface area contributed by atoms with Gasteiger partial charge in [0.25, 0.3) is 5.91 Å². The molecule has 0 unspecified atom stereocenters. The SMILES string of the molecule is CC1=Nc2c(cccc2OCc2c(Cl)ccc(N(C)C(=O)CNC(=O)Nc3cccc(C(=O)N(C)c4cccnc4)c3)c2Cl)CC1=O. The molecule has 5 rings (SSSR count). The number of hydrogen-bond acceptors (Lipinski definition) is 7. The third kappa shape index (κ3) is 7.59.